The number of amides is 1. The number of rotatable bonds is 7. The lowest BCUT2D eigenvalue weighted by molar-refractivity contribution is 0.0955. The van der Waals surface area contributed by atoms with Crippen LogP contribution in [-0.2, 0) is 0 Å². The van der Waals surface area contributed by atoms with E-state index in [0.29, 0.717) is 12.2 Å². The largest absolute Gasteiger partial charge is 0.497 e. The van der Waals surface area contributed by atoms with E-state index in [-0.39, 0.29) is 5.91 Å². The van der Waals surface area contributed by atoms with Crippen LogP contribution in [0.5, 0.6) is 11.5 Å². The van der Waals surface area contributed by atoms with Crippen molar-refractivity contribution in [2.45, 2.75) is 6.92 Å². The number of nitrogens with one attached hydrogen (secondary N) is 2. The predicted octanol–water partition coefficient (Wildman–Crippen LogP) is 3.25. The Balaban J connectivity index is 1.66. The molecular formula is C20H20N4O3. The van der Waals surface area contributed by atoms with Gasteiger partial charge in [-0.25, -0.2) is 5.43 Å². The van der Waals surface area contributed by atoms with Gasteiger partial charge in [0.05, 0.1) is 31.8 Å². The van der Waals surface area contributed by atoms with E-state index >= 15 is 0 Å². The molecule has 27 heavy (non-hydrogen) atoms. The molecule has 3 aromatic rings. The number of hydrogen-bond donors (Lipinski definition) is 2. The Bertz CT molecular complexity index is 915. The molecule has 0 unspecified atom stereocenters. The first-order chi connectivity index (χ1) is 13.2. The highest BCUT2D eigenvalue weighted by atomic mass is 16.5. The molecule has 138 valence electrons. The Morgan fingerprint density at radius 1 is 1.15 bits per heavy atom. The van der Waals surface area contributed by atoms with Crippen molar-refractivity contribution in [1.82, 2.24) is 15.6 Å². The third-order valence-electron chi connectivity index (χ3n) is 3.84. The van der Waals surface area contributed by atoms with E-state index in [0.717, 1.165) is 28.3 Å². The van der Waals surface area contributed by atoms with Crippen LogP contribution in [0.2, 0.25) is 0 Å². The minimum atomic E-state index is -0.302. The highest BCUT2D eigenvalue weighted by Crippen LogP contribution is 2.22. The van der Waals surface area contributed by atoms with Crippen LogP contribution < -0.4 is 14.9 Å². The molecule has 7 nitrogen and oxygen atoms in total. The second-order valence-electron chi connectivity index (χ2n) is 5.59. The Morgan fingerprint density at radius 3 is 2.52 bits per heavy atom. The summed E-state index contributed by atoms with van der Waals surface area (Å²) in [6.07, 6.45) is 3.20. The van der Waals surface area contributed by atoms with Gasteiger partial charge >= 0.3 is 0 Å². The Hall–Kier alpha value is -3.61. The molecule has 0 atom stereocenters. The number of hydrazone groups is 1. The fourth-order valence-corrected chi connectivity index (χ4v) is 2.48. The zero-order valence-corrected chi connectivity index (χ0v) is 15.1. The van der Waals surface area contributed by atoms with Gasteiger partial charge < -0.3 is 9.47 Å². The molecule has 0 saturated heterocycles. The molecule has 0 aliphatic rings. The van der Waals surface area contributed by atoms with E-state index in [9.17, 15) is 4.79 Å². The average Bonchev–Trinajstić information content (AvgIpc) is 3.17. The normalized spacial score (nSPS) is 10.7. The van der Waals surface area contributed by atoms with Crippen LogP contribution in [0.15, 0.2) is 59.8 Å². The monoisotopic (exact) mass is 364 g/mol. The van der Waals surface area contributed by atoms with E-state index in [2.05, 4.69) is 20.7 Å². The van der Waals surface area contributed by atoms with Crippen LogP contribution in [0.3, 0.4) is 0 Å². The summed E-state index contributed by atoms with van der Waals surface area (Å²) in [6, 6.07) is 14.5. The fraction of sp³-hybridized carbons (Fsp3) is 0.150. The number of benzene rings is 2. The van der Waals surface area contributed by atoms with Gasteiger partial charge in [-0.1, -0.05) is 0 Å². The SMILES string of the molecule is CCOc1ccc(C(=O)NN=Cc2cn[nH]c2-c2ccc(OC)cc2)cc1. The molecule has 1 amide bonds. The first-order valence-corrected chi connectivity index (χ1v) is 8.45. The molecule has 0 fully saturated rings. The summed E-state index contributed by atoms with van der Waals surface area (Å²) in [5.74, 6) is 1.19. The van der Waals surface area contributed by atoms with E-state index in [1.165, 1.54) is 0 Å². The third kappa shape index (κ3) is 4.52. The van der Waals surface area contributed by atoms with Gasteiger partial charge in [0.15, 0.2) is 0 Å². The van der Waals surface area contributed by atoms with Crippen LogP contribution in [-0.4, -0.2) is 36.0 Å². The molecule has 0 saturated carbocycles. The molecule has 0 bridgehead atoms. The summed E-state index contributed by atoms with van der Waals surface area (Å²) in [6.45, 7) is 2.49. The highest BCUT2D eigenvalue weighted by molar-refractivity contribution is 5.95. The minimum Gasteiger partial charge on any atom is -0.497 e. The number of aromatic amines is 1. The van der Waals surface area contributed by atoms with Gasteiger partial charge in [-0.15, -0.1) is 0 Å². The molecule has 0 aliphatic heterocycles. The number of carbonyl (C=O) groups is 1. The van der Waals surface area contributed by atoms with Crippen molar-refractivity contribution in [3.8, 4) is 22.8 Å². The number of hydrogen-bond acceptors (Lipinski definition) is 5. The van der Waals surface area contributed by atoms with Crippen LogP contribution in [0.4, 0.5) is 0 Å². The number of carbonyl (C=O) groups excluding carboxylic acids is 1. The Labute approximate surface area is 157 Å². The minimum absolute atomic E-state index is 0.302. The number of aromatic nitrogens is 2. The maximum atomic E-state index is 12.2. The van der Waals surface area contributed by atoms with E-state index in [1.54, 1.807) is 43.8 Å². The van der Waals surface area contributed by atoms with Crippen LogP contribution in [0.25, 0.3) is 11.3 Å². The van der Waals surface area contributed by atoms with E-state index in [4.69, 9.17) is 9.47 Å². The van der Waals surface area contributed by atoms with Gasteiger partial charge in [-0.3, -0.25) is 9.89 Å². The second-order valence-corrected chi connectivity index (χ2v) is 5.59. The number of methoxy groups -OCH3 is 1. The molecule has 0 radical (unpaired) electrons. The molecule has 1 aromatic heterocycles. The summed E-state index contributed by atoms with van der Waals surface area (Å²) >= 11 is 0. The van der Waals surface area contributed by atoms with E-state index in [1.807, 2.05) is 31.2 Å². The first kappa shape index (κ1) is 18.2. The van der Waals surface area contributed by atoms with Gasteiger partial charge in [0.2, 0.25) is 0 Å². The van der Waals surface area contributed by atoms with Gasteiger partial charge in [0, 0.05) is 16.7 Å². The summed E-state index contributed by atoms with van der Waals surface area (Å²) < 4.78 is 10.5. The van der Waals surface area contributed by atoms with Crippen molar-refractivity contribution in [2.75, 3.05) is 13.7 Å². The van der Waals surface area contributed by atoms with Crippen molar-refractivity contribution < 1.29 is 14.3 Å². The summed E-state index contributed by atoms with van der Waals surface area (Å²) in [5, 5.41) is 11.0. The van der Waals surface area contributed by atoms with Crippen molar-refractivity contribution in [3.05, 3.63) is 65.9 Å². The molecule has 7 heteroatoms. The quantitative estimate of drug-likeness (QED) is 0.497. The maximum Gasteiger partial charge on any atom is 0.271 e. The summed E-state index contributed by atoms with van der Waals surface area (Å²) in [4.78, 5) is 12.2. The second kappa shape index (κ2) is 8.66. The zero-order valence-electron chi connectivity index (χ0n) is 15.1. The van der Waals surface area contributed by atoms with Gasteiger partial charge in [0.25, 0.3) is 5.91 Å². The summed E-state index contributed by atoms with van der Waals surface area (Å²) in [7, 11) is 1.62. The molecular weight excluding hydrogens is 344 g/mol. The van der Waals surface area contributed by atoms with Gasteiger partial charge in [-0.05, 0) is 55.5 Å². The topological polar surface area (TPSA) is 88.6 Å². The van der Waals surface area contributed by atoms with Crippen molar-refractivity contribution in [2.24, 2.45) is 5.10 Å². The highest BCUT2D eigenvalue weighted by Gasteiger charge is 2.07. The van der Waals surface area contributed by atoms with Crippen molar-refractivity contribution in [3.63, 3.8) is 0 Å². The van der Waals surface area contributed by atoms with Crippen LogP contribution in [0.1, 0.15) is 22.8 Å². The fourth-order valence-electron chi connectivity index (χ4n) is 2.48. The lowest BCUT2D eigenvalue weighted by Crippen LogP contribution is -2.17. The molecule has 2 N–H and O–H groups in total. The molecule has 0 aliphatic carbocycles. The lowest BCUT2D eigenvalue weighted by atomic mass is 10.1. The van der Waals surface area contributed by atoms with Crippen LogP contribution >= 0.6 is 0 Å². The zero-order chi connectivity index (χ0) is 19.1. The number of nitrogens with zero attached hydrogens (tertiary/aromatic N) is 2. The number of H-pyrrole nitrogens is 1. The third-order valence-corrected chi connectivity index (χ3v) is 3.84. The van der Waals surface area contributed by atoms with E-state index < -0.39 is 0 Å². The first-order valence-electron chi connectivity index (χ1n) is 8.45. The Morgan fingerprint density at radius 2 is 1.85 bits per heavy atom. The average molecular weight is 364 g/mol. The number of ether oxygens (including phenoxy) is 2. The molecule has 1 heterocycles. The summed E-state index contributed by atoms with van der Waals surface area (Å²) in [5.41, 5.74) is 5.51. The molecule has 0 spiro atoms. The predicted molar refractivity (Wildman–Crippen MR) is 103 cm³/mol. The van der Waals surface area contributed by atoms with Crippen molar-refractivity contribution in [1.29, 1.82) is 0 Å². The molecule has 2 aromatic carbocycles. The standard InChI is InChI=1S/C20H20N4O3/c1-3-27-18-10-6-15(7-11-18)20(25)24-22-13-16-12-21-23-19(16)14-4-8-17(26-2)9-5-14/h4-13H,3H2,1-2H3,(H,21,23)(H,24,25). The lowest BCUT2D eigenvalue weighted by Gasteiger charge is -2.04. The smallest absolute Gasteiger partial charge is 0.271 e. The Kier molecular flexibility index (Phi) is 5.84. The van der Waals surface area contributed by atoms with Crippen molar-refractivity contribution >= 4 is 12.1 Å². The van der Waals surface area contributed by atoms with Gasteiger partial charge in [0.1, 0.15) is 11.5 Å². The van der Waals surface area contributed by atoms with Gasteiger partial charge in [-0.2, -0.15) is 10.2 Å². The van der Waals surface area contributed by atoms with Crippen LogP contribution in [0, 0.1) is 0 Å². The molecule has 3 rings (SSSR count). The maximum absolute atomic E-state index is 12.2.